The van der Waals surface area contributed by atoms with E-state index in [9.17, 15) is 14.3 Å². The number of halogens is 1. The predicted molar refractivity (Wildman–Crippen MR) is 80.4 cm³/mol. The smallest absolute Gasteiger partial charge is 0.230 e. The number of carbonyl (C=O) groups is 1. The molecule has 0 aromatic heterocycles. The van der Waals surface area contributed by atoms with Crippen LogP contribution in [-0.4, -0.2) is 23.2 Å². The van der Waals surface area contributed by atoms with Gasteiger partial charge in [0.05, 0.1) is 11.0 Å². The van der Waals surface area contributed by atoms with Crippen molar-refractivity contribution in [3.05, 3.63) is 35.6 Å². The Morgan fingerprint density at radius 1 is 1.38 bits per heavy atom. The zero-order valence-electron chi connectivity index (χ0n) is 12.9. The molecule has 1 amide bonds. The molecule has 3 nitrogen and oxygen atoms in total. The second-order valence-electron chi connectivity index (χ2n) is 6.87. The number of carbonyl (C=O) groups excluding carboxylic acids is 1. The van der Waals surface area contributed by atoms with Gasteiger partial charge in [-0.3, -0.25) is 4.79 Å². The van der Waals surface area contributed by atoms with Gasteiger partial charge in [0.25, 0.3) is 0 Å². The Hall–Kier alpha value is -1.42. The van der Waals surface area contributed by atoms with E-state index in [1.165, 1.54) is 12.1 Å². The first kappa shape index (κ1) is 16.0. The van der Waals surface area contributed by atoms with Crippen LogP contribution in [0.4, 0.5) is 4.39 Å². The molecular formula is C17H24FNO2. The lowest BCUT2D eigenvalue weighted by atomic mass is 9.92. The number of rotatable bonds is 6. The zero-order chi connectivity index (χ0) is 15.7. The van der Waals surface area contributed by atoms with Crippen molar-refractivity contribution in [1.82, 2.24) is 5.32 Å². The van der Waals surface area contributed by atoms with E-state index in [0.717, 1.165) is 18.4 Å². The Kier molecular flexibility index (Phi) is 4.38. The van der Waals surface area contributed by atoms with Crippen molar-refractivity contribution in [2.24, 2.45) is 5.92 Å². The summed E-state index contributed by atoms with van der Waals surface area (Å²) >= 11 is 0. The van der Waals surface area contributed by atoms with Gasteiger partial charge in [0, 0.05) is 6.54 Å². The summed E-state index contributed by atoms with van der Waals surface area (Å²) in [4.78, 5) is 12.4. The van der Waals surface area contributed by atoms with Crippen molar-refractivity contribution >= 4 is 5.91 Å². The first-order valence-corrected chi connectivity index (χ1v) is 7.52. The number of benzene rings is 1. The number of hydrogen-bond donors (Lipinski definition) is 2. The molecule has 1 unspecified atom stereocenters. The van der Waals surface area contributed by atoms with Crippen LogP contribution >= 0.6 is 0 Å². The van der Waals surface area contributed by atoms with E-state index in [1.54, 1.807) is 19.1 Å². The molecule has 1 aromatic rings. The number of hydrogen-bond acceptors (Lipinski definition) is 2. The number of amides is 1. The third kappa shape index (κ3) is 3.82. The summed E-state index contributed by atoms with van der Waals surface area (Å²) in [6.07, 6.45) is 2.18. The SMILES string of the molecule is CC(C)CC(C)(O)CNC(=O)C1(c2ccc(F)cc2)CC1. The predicted octanol–water partition coefficient (Wildman–Crippen LogP) is 2.77. The normalized spacial score (nSPS) is 19.1. The Labute approximate surface area is 125 Å². The maximum Gasteiger partial charge on any atom is 0.230 e. The number of aliphatic hydroxyl groups is 1. The van der Waals surface area contributed by atoms with Crippen LogP contribution in [0.1, 0.15) is 45.6 Å². The van der Waals surface area contributed by atoms with Gasteiger partial charge >= 0.3 is 0 Å². The highest BCUT2D eigenvalue weighted by atomic mass is 19.1. The third-order valence-corrected chi connectivity index (χ3v) is 4.06. The van der Waals surface area contributed by atoms with Crippen molar-refractivity contribution in [1.29, 1.82) is 0 Å². The molecule has 4 heteroatoms. The Morgan fingerprint density at radius 2 is 1.95 bits per heavy atom. The first-order chi connectivity index (χ1) is 9.75. The molecule has 1 aliphatic carbocycles. The maximum atomic E-state index is 13.0. The van der Waals surface area contributed by atoms with Gasteiger partial charge in [-0.2, -0.15) is 0 Å². The van der Waals surface area contributed by atoms with Crippen LogP contribution in [0, 0.1) is 11.7 Å². The molecule has 1 aromatic carbocycles. The molecule has 2 N–H and O–H groups in total. The van der Waals surface area contributed by atoms with E-state index in [4.69, 9.17) is 0 Å². The second kappa shape index (κ2) is 5.76. The third-order valence-electron chi connectivity index (χ3n) is 4.06. The van der Waals surface area contributed by atoms with Crippen LogP contribution in [-0.2, 0) is 10.2 Å². The number of nitrogens with one attached hydrogen (secondary N) is 1. The average molecular weight is 293 g/mol. The van der Waals surface area contributed by atoms with Gasteiger partial charge in [-0.15, -0.1) is 0 Å². The molecule has 1 atom stereocenters. The minimum absolute atomic E-state index is 0.0712. The second-order valence-corrected chi connectivity index (χ2v) is 6.87. The molecule has 0 saturated heterocycles. The summed E-state index contributed by atoms with van der Waals surface area (Å²) in [6, 6.07) is 6.12. The van der Waals surface area contributed by atoms with Gasteiger partial charge < -0.3 is 10.4 Å². The first-order valence-electron chi connectivity index (χ1n) is 7.52. The molecule has 0 spiro atoms. The highest BCUT2D eigenvalue weighted by Gasteiger charge is 2.51. The van der Waals surface area contributed by atoms with E-state index >= 15 is 0 Å². The van der Waals surface area contributed by atoms with Crippen LogP contribution in [0.15, 0.2) is 24.3 Å². The lowest BCUT2D eigenvalue weighted by molar-refractivity contribution is -0.124. The van der Waals surface area contributed by atoms with Crippen LogP contribution in [0.25, 0.3) is 0 Å². The van der Waals surface area contributed by atoms with E-state index in [1.807, 2.05) is 13.8 Å². The Bertz CT molecular complexity index is 504. The van der Waals surface area contributed by atoms with E-state index in [-0.39, 0.29) is 18.3 Å². The summed E-state index contributed by atoms with van der Waals surface area (Å²) < 4.78 is 13.0. The van der Waals surface area contributed by atoms with Gasteiger partial charge in [-0.05, 0) is 49.8 Å². The minimum atomic E-state index is -0.900. The minimum Gasteiger partial charge on any atom is -0.388 e. The van der Waals surface area contributed by atoms with Crippen LogP contribution in [0.5, 0.6) is 0 Å². The summed E-state index contributed by atoms with van der Waals surface area (Å²) in [5.74, 6) is -0.00292. The van der Waals surface area contributed by atoms with Gasteiger partial charge in [0.15, 0.2) is 0 Å². The molecule has 1 aliphatic rings. The fraction of sp³-hybridized carbons (Fsp3) is 0.588. The summed E-state index contributed by atoms with van der Waals surface area (Å²) in [6.45, 7) is 6.06. The fourth-order valence-corrected chi connectivity index (χ4v) is 2.93. The van der Waals surface area contributed by atoms with E-state index in [2.05, 4.69) is 5.32 Å². The van der Waals surface area contributed by atoms with Crippen molar-refractivity contribution in [2.45, 2.75) is 51.0 Å². The zero-order valence-corrected chi connectivity index (χ0v) is 12.9. The maximum absolute atomic E-state index is 13.0. The lowest BCUT2D eigenvalue weighted by Gasteiger charge is -2.27. The van der Waals surface area contributed by atoms with Crippen molar-refractivity contribution < 1.29 is 14.3 Å². The molecule has 1 fully saturated rings. The topological polar surface area (TPSA) is 49.3 Å². The van der Waals surface area contributed by atoms with Gasteiger partial charge in [-0.25, -0.2) is 4.39 Å². The monoisotopic (exact) mass is 293 g/mol. The van der Waals surface area contributed by atoms with Crippen LogP contribution < -0.4 is 5.32 Å². The highest BCUT2D eigenvalue weighted by Crippen LogP contribution is 2.48. The molecule has 0 heterocycles. The molecule has 116 valence electrons. The summed E-state index contributed by atoms with van der Waals surface area (Å²) in [5, 5.41) is 13.1. The molecule has 0 bridgehead atoms. The van der Waals surface area contributed by atoms with Crippen LogP contribution in [0.2, 0.25) is 0 Å². The van der Waals surface area contributed by atoms with Gasteiger partial charge in [0.1, 0.15) is 5.82 Å². The molecule has 0 radical (unpaired) electrons. The van der Waals surface area contributed by atoms with Gasteiger partial charge in [0.2, 0.25) is 5.91 Å². The summed E-state index contributed by atoms with van der Waals surface area (Å²) in [5.41, 5.74) is -0.575. The van der Waals surface area contributed by atoms with Crippen molar-refractivity contribution in [3.63, 3.8) is 0 Å². The molecule has 1 saturated carbocycles. The Balaban J connectivity index is 1.99. The summed E-state index contributed by atoms with van der Waals surface area (Å²) in [7, 11) is 0. The molecule has 2 rings (SSSR count). The standard InChI is InChI=1S/C17H24FNO2/c1-12(2)10-16(3,21)11-19-15(20)17(8-9-17)13-4-6-14(18)7-5-13/h4-7,12,21H,8-11H2,1-3H3,(H,19,20). The quantitative estimate of drug-likeness (QED) is 0.847. The lowest BCUT2D eigenvalue weighted by Crippen LogP contribution is -2.45. The average Bonchev–Trinajstić information content (AvgIpc) is 3.17. The largest absolute Gasteiger partial charge is 0.388 e. The molecule has 21 heavy (non-hydrogen) atoms. The van der Waals surface area contributed by atoms with Crippen molar-refractivity contribution in [2.75, 3.05) is 6.54 Å². The molecular weight excluding hydrogens is 269 g/mol. The highest BCUT2D eigenvalue weighted by molar-refractivity contribution is 5.91. The molecule has 0 aliphatic heterocycles. The van der Waals surface area contributed by atoms with E-state index < -0.39 is 11.0 Å². The van der Waals surface area contributed by atoms with Crippen molar-refractivity contribution in [3.8, 4) is 0 Å². The van der Waals surface area contributed by atoms with Crippen LogP contribution in [0.3, 0.4) is 0 Å². The van der Waals surface area contributed by atoms with E-state index in [0.29, 0.717) is 12.3 Å². The Morgan fingerprint density at radius 3 is 2.43 bits per heavy atom. The fourth-order valence-electron chi connectivity index (χ4n) is 2.93. The van der Waals surface area contributed by atoms with Gasteiger partial charge in [-0.1, -0.05) is 26.0 Å².